The van der Waals surface area contributed by atoms with Gasteiger partial charge in [-0.1, -0.05) is 48.0 Å². The SMILES string of the molecule is O=C(NCc1ccccc1Cl)c1cc(N2CCc3ccccc32)ccn1. The molecule has 1 amide bonds. The summed E-state index contributed by atoms with van der Waals surface area (Å²) < 4.78 is 0. The Morgan fingerprint density at radius 2 is 1.92 bits per heavy atom. The number of nitrogens with zero attached hydrogens (tertiary/aromatic N) is 2. The molecule has 1 aliphatic rings. The van der Waals surface area contributed by atoms with Gasteiger partial charge in [-0.05, 0) is 41.8 Å². The number of anilines is 2. The van der Waals surface area contributed by atoms with Gasteiger partial charge in [0.25, 0.3) is 5.91 Å². The monoisotopic (exact) mass is 363 g/mol. The largest absolute Gasteiger partial charge is 0.347 e. The molecule has 0 aliphatic carbocycles. The molecule has 0 unspecified atom stereocenters. The topological polar surface area (TPSA) is 45.2 Å². The fourth-order valence-electron chi connectivity index (χ4n) is 3.23. The standard InChI is InChI=1S/C21H18ClN3O/c22-18-7-3-1-6-16(18)14-24-21(26)19-13-17(9-11-23-19)25-12-10-15-5-2-4-8-20(15)25/h1-9,11,13H,10,12,14H2,(H,24,26). The Balaban J connectivity index is 1.51. The molecule has 5 heteroatoms. The molecule has 0 saturated carbocycles. The van der Waals surface area contributed by atoms with Crippen LogP contribution in [0.3, 0.4) is 0 Å². The number of hydrogen-bond acceptors (Lipinski definition) is 3. The second kappa shape index (κ2) is 7.18. The van der Waals surface area contributed by atoms with Crippen molar-refractivity contribution in [2.24, 2.45) is 0 Å². The van der Waals surface area contributed by atoms with Gasteiger partial charge in [-0.15, -0.1) is 0 Å². The van der Waals surface area contributed by atoms with Gasteiger partial charge in [-0.2, -0.15) is 0 Å². The Hall–Kier alpha value is -2.85. The van der Waals surface area contributed by atoms with Crippen LogP contribution >= 0.6 is 11.6 Å². The molecule has 3 aromatic rings. The van der Waals surface area contributed by atoms with Crippen LogP contribution in [-0.4, -0.2) is 17.4 Å². The maximum atomic E-state index is 12.5. The van der Waals surface area contributed by atoms with Crippen LogP contribution in [0.4, 0.5) is 11.4 Å². The first kappa shape index (κ1) is 16.6. The summed E-state index contributed by atoms with van der Waals surface area (Å²) in [5.74, 6) is -0.209. The van der Waals surface area contributed by atoms with E-state index < -0.39 is 0 Å². The van der Waals surface area contributed by atoms with Crippen LogP contribution in [0.5, 0.6) is 0 Å². The van der Waals surface area contributed by atoms with Crippen LogP contribution in [-0.2, 0) is 13.0 Å². The van der Waals surface area contributed by atoms with Crippen molar-refractivity contribution in [3.8, 4) is 0 Å². The molecular weight excluding hydrogens is 346 g/mol. The van der Waals surface area contributed by atoms with E-state index in [4.69, 9.17) is 11.6 Å². The number of aromatic nitrogens is 1. The Labute approximate surface area is 157 Å². The van der Waals surface area contributed by atoms with Crippen molar-refractivity contribution in [3.05, 3.63) is 88.7 Å². The third-order valence-electron chi connectivity index (χ3n) is 4.57. The van der Waals surface area contributed by atoms with Gasteiger partial charge in [-0.3, -0.25) is 9.78 Å². The first-order chi connectivity index (χ1) is 12.7. The summed E-state index contributed by atoms with van der Waals surface area (Å²) in [5.41, 5.74) is 4.79. The van der Waals surface area contributed by atoms with Gasteiger partial charge in [0.1, 0.15) is 5.69 Å². The predicted molar refractivity (Wildman–Crippen MR) is 104 cm³/mol. The molecular formula is C21H18ClN3O. The van der Waals surface area contributed by atoms with E-state index in [0.717, 1.165) is 24.2 Å². The summed E-state index contributed by atoms with van der Waals surface area (Å²) in [5, 5.41) is 3.53. The number of nitrogens with one attached hydrogen (secondary N) is 1. The minimum atomic E-state index is -0.209. The van der Waals surface area contributed by atoms with Gasteiger partial charge < -0.3 is 10.2 Å². The Kier molecular flexibility index (Phi) is 4.59. The number of hydrogen-bond donors (Lipinski definition) is 1. The Bertz CT molecular complexity index is 957. The van der Waals surface area contributed by atoms with Crippen LogP contribution < -0.4 is 10.2 Å². The number of fused-ring (bicyclic) bond motifs is 1. The molecule has 0 saturated heterocycles. The molecule has 0 bridgehead atoms. The maximum absolute atomic E-state index is 12.5. The average Bonchev–Trinajstić information content (AvgIpc) is 3.11. The lowest BCUT2D eigenvalue weighted by molar-refractivity contribution is 0.0946. The van der Waals surface area contributed by atoms with Crippen LogP contribution in [0.2, 0.25) is 5.02 Å². The van der Waals surface area contributed by atoms with E-state index in [1.54, 1.807) is 6.20 Å². The molecule has 2 aromatic carbocycles. The smallest absolute Gasteiger partial charge is 0.270 e. The zero-order valence-electron chi connectivity index (χ0n) is 14.2. The number of halogens is 1. The normalized spacial score (nSPS) is 12.7. The molecule has 0 spiro atoms. The van der Waals surface area contributed by atoms with Gasteiger partial charge in [0.05, 0.1) is 0 Å². The summed E-state index contributed by atoms with van der Waals surface area (Å²) in [6.07, 6.45) is 2.69. The van der Waals surface area contributed by atoms with E-state index in [0.29, 0.717) is 17.3 Å². The number of amides is 1. The molecule has 0 atom stereocenters. The molecule has 4 rings (SSSR count). The van der Waals surface area contributed by atoms with Crippen molar-refractivity contribution < 1.29 is 4.79 Å². The zero-order valence-corrected chi connectivity index (χ0v) is 14.9. The fraction of sp³-hybridized carbons (Fsp3) is 0.143. The van der Waals surface area contributed by atoms with Gasteiger partial charge in [0.15, 0.2) is 0 Å². The van der Waals surface area contributed by atoms with Crippen LogP contribution in [0, 0.1) is 0 Å². The van der Waals surface area contributed by atoms with E-state index in [9.17, 15) is 4.79 Å². The molecule has 1 N–H and O–H groups in total. The quantitative estimate of drug-likeness (QED) is 0.749. The lowest BCUT2D eigenvalue weighted by Gasteiger charge is -2.20. The van der Waals surface area contributed by atoms with Crippen molar-refractivity contribution in [2.75, 3.05) is 11.4 Å². The van der Waals surface area contributed by atoms with E-state index >= 15 is 0 Å². The van der Waals surface area contributed by atoms with Crippen LogP contribution in [0.25, 0.3) is 0 Å². The molecule has 1 aliphatic heterocycles. The Morgan fingerprint density at radius 1 is 1.12 bits per heavy atom. The highest BCUT2D eigenvalue weighted by Gasteiger charge is 2.20. The first-order valence-corrected chi connectivity index (χ1v) is 8.93. The van der Waals surface area contributed by atoms with Crippen molar-refractivity contribution in [3.63, 3.8) is 0 Å². The van der Waals surface area contributed by atoms with Crippen molar-refractivity contribution in [1.82, 2.24) is 10.3 Å². The number of rotatable bonds is 4. The predicted octanol–water partition coefficient (Wildman–Crippen LogP) is 4.36. The van der Waals surface area contributed by atoms with Crippen LogP contribution in [0.1, 0.15) is 21.6 Å². The number of pyridine rings is 1. The highest BCUT2D eigenvalue weighted by atomic mass is 35.5. The molecule has 0 fully saturated rings. The molecule has 26 heavy (non-hydrogen) atoms. The second-order valence-electron chi connectivity index (χ2n) is 6.20. The third-order valence-corrected chi connectivity index (χ3v) is 4.94. The molecule has 0 radical (unpaired) electrons. The number of para-hydroxylation sites is 1. The highest BCUT2D eigenvalue weighted by molar-refractivity contribution is 6.31. The summed E-state index contributed by atoms with van der Waals surface area (Å²) in [6.45, 7) is 1.28. The van der Waals surface area contributed by atoms with E-state index in [-0.39, 0.29) is 5.91 Å². The summed E-state index contributed by atoms with van der Waals surface area (Å²) in [6, 6.07) is 19.6. The molecule has 130 valence electrons. The lowest BCUT2D eigenvalue weighted by Crippen LogP contribution is -2.24. The summed E-state index contributed by atoms with van der Waals surface area (Å²) >= 11 is 6.14. The van der Waals surface area contributed by atoms with Crippen molar-refractivity contribution in [1.29, 1.82) is 0 Å². The van der Waals surface area contributed by atoms with Crippen LogP contribution in [0.15, 0.2) is 66.9 Å². The van der Waals surface area contributed by atoms with E-state index in [1.165, 1.54) is 11.3 Å². The zero-order chi connectivity index (χ0) is 17.9. The fourth-order valence-corrected chi connectivity index (χ4v) is 3.43. The van der Waals surface area contributed by atoms with Gasteiger partial charge in [0.2, 0.25) is 0 Å². The second-order valence-corrected chi connectivity index (χ2v) is 6.61. The van der Waals surface area contributed by atoms with Gasteiger partial charge in [0, 0.05) is 35.7 Å². The molecule has 1 aromatic heterocycles. The van der Waals surface area contributed by atoms with Gasteiger partial charge in [-0.25, -0.2) is 0 Å². The van der Waals surface area contributed by atoms with Crippen molar-refractivity contribution >= 4 is 28.9 Å². The number of benzene rings is 2. The average molecular weight is 364 g/mol. The van der Waals surface area contributed by atoms with Crippen molar-refractivity contribution in [2.45, 2.75) is 13.0 Å². The highest BCUT2D eigenvalue weighted by Crippen LogP contribution is 2.34. The minimum absolute atomic E-state index is 0.209. The van der Waals surface area contributed by atoms with E-state index in [2.05, 4.69) is 33.4 Å². The number of carbonyl (C=O) groups is 1. The summed E-state index contributed by atoms with van der Waals surface area (Å²) in [7, 11) is 0. The van der Waals surface area contributed by atoms with E-state index in [1.807, 2.05) is 42.5 Å². The first-order valence-electron chi connectivity index (χ1n) is 8.55. The molecule has 4 nitrogen and oxygen atoms in total. The maximum Gasteiger partial charge on any atom is 0.270 e. The van der Waals surface area contributed by atoms with Gasteiger partial charge >= 0.3 is 0 Å². The summed E-state index contributed by atoms with van der Waals surface area (Å²) in [4.78, 5) is 19.0. The lowest BCUT2D eigenvalue weighted by atomic mass is 10.2. The Morgan fingerprint density at radius 3 is 2.81 bits per heavy atom. The third kappa shape index (κ3) is 3.28. The molecule has 2 heterocycles. The minimum Gasteiger partial charge on any atom is -0.347 e. The number of carbonyl (C=O) groups excluding carboxylic acids is 1.